The second-order valence-corrected chi connectivity index (χ2v) is 6.73. The van der Waals surface area contributed by atoms with Crippen molar-refractivity contribution in [3.63, 3.8) is 0 Å². The molecule has 1 heterocycles. The molecule has 3 aromatic rings. The number of para-hydroxylation sites is 1. The molecule has 0 aliphatic carbocycles. The third kappa shape index (κ3) is 3.45. The molecule has 0 radical (unpaired) electrons. The number of rotatable bonds is 4. The number of phenolic OH excluding ortho intramolecular Hbond substituents is 1. The molecule has 3 rings (SSSR count). The number of halogens is 1. The number of aromatic nitrogens is 2. The molecule has 0 bridgehead atoms. The van der Waals surface area contributed by atoms with Gasteiger partial charge in [-0.1, -0.05) is 29.8 Å². The van der Waals surface area contributed by atoms with E-state index in [2.05, 4.69) is 5.10 Å². The summed E-state index contributed by atoms with van der Waals surface area (Å²) in [7, 11) is 2.40. The second kappa shape index (κ2) is 7.97. The van der Waals surface area contributed by atoms with E-state index < -0.39 is 11.9 Å². The van der Waals surface area contributed by atoms with Crippen molar-refractivity contribution in [2.75, 3.05) is 14.2 Å². The number of ether oxygens (including phenoxy) is 2. The van der Waals surface area contributed by atoms with Gasteiger partial charge in [-0.05, 0) is 43.2 Å². The first kappa shape index (κ1) is 20.4. The quantitative estimate of drug-likeness (QED) is 0.646. The minimum absolute atomic E-state index is 0.0710. The number of nitrogens with zero attached hydrogens (tertiary/aromatic N) is 2. The fraction of sp³-hybridized carbons (Fsp3) is 0.190. The Kier molecular flexibility index (Phi) is 5.61. The van der Waals surface area contributed by atoms with E-state index in [1.807, 2.05) is 6.07 Å². The number of methoxy groups -OCH3 is 2. The lowest BCUT2D eigenvalue weighted by atomic mass is 9.97. The van der Waals surface area contributed by atoms with Crippen LogP contribution in [0.5, 0.6) is 5.75 Å². The number of carbonyl (C=O) groups is 2. The van der Waals surface area contributed by atoms with Gasteiger partial charge in [0.25, 0.3) is 0 Å². The summed E-state index contributed by atoms with van der Waals surface area (Å²) in [5.41, 5.74) is 1.62. The minimum Gasteiger partial charge on any atom is -0.507 e. The molecule has 0 fully saturated rings. The van der Waals surface area contributed by atoms with Crippen LogP contribution in [0.25, 0.3) is 16.9 Å². The lowest BCUT2D eigenvalue weighted by molar-refractivity contribution is 0.0549. The number of aromatic hydroxyl groups is 1. The van der Waals surface area contributed by atoms with Crippen molar-refractivity contribution in [1.82, 2.24) is 9.78 Å². The molecule has 0 spiro atoms. The van der Waals surface area contributed by atoms with Crippen LogP contribution in [0.1, 0.15) is 32.0 Å². The van der Waals surface area contributed by atoms with Crippen LogP contribution in [0.4, 0.5) is 0 Å². The highest BCUT2D eigenvalue weighted by atomic mass is 35.5. The predicted octanol–water partition coefficient (Wildman–Crippen LogP) is 4.09. The van der Waals surface area contributed by atoms with E-state index in [9.17, 15) is 14.7 Å². The molecule has 0 atom stereocenters. The fourth-order valence-electron chi connectivity index (χ4n) is 3.08. The van der Waals surface area contributed by atoms with Crippen LogP contribution < -0.4 is 0 Å². The van der Waals surface area contributed by atoms with E-state index >= 15 is 0 Å². The third-order valence-electron chi connectivity index (χ3n) is 4.58. The van der Waals surface area contributed by atoms with Gasteiger partial charge >= 0.3 is 11.9 Å². The van der Waals surface area contributed by atoms with Gasteiger partial charge in [-0.3, -0.25) is 0 Å². The fourth-order valence-corrected chi connectivity index (χ4v) is 3.34. The molecule has 29 heavy (non-hydrogen) atoms. The molecule has 8 heteroatoms. The van der Waals surface area contributed by atoms with Crippen molar-refractivity contribution in [3.8, 4) is 22.7 Å². The number of benzene rings is 2. The molecule has 7 nitrogen and oxygen atoms in total. The predicted molar refractivity (Wildman–Crippen MR) is 108 cm³/mol. The van der Waals surface area contributed by atoms with E-state index in [1.54, 1.807) is 44.2 Å². The molecule has 2 aromatic carbocycles. The van der Waals surface area contributed by atoms with Crippen LogP contribution in [-0.4, -0.2) is 41.0 Å². The largest absolute Gasteiger partial charge is 0.507 e. The average Bonchev–Trinajstić information content (AvgIpc) is 3.12. The van der Waals surface area contributed by atoms with Gasteiger partial charge < -0.3 is 14.6 Å². The van der Waals surface area contributed by atoms with Crippen molar-refractivity contribution in [1.29, 1.82) is 0 Å². The summed E-state index contributed by atoms with van der Waals surface area (Å²) in [5, 5.41) is 15.6. The summed E-state index contributed by atoms with van der Waals surface area (Å²) in [5.74, 6) is -1.66. The zero-order valence-corrected chi connectivity index (χ0v) is 17.1. The highest BCUT2D eigenvalue weighted by molar-refractivity contribution is 6.32. The average molecular weight is 415 g/mol. The summed E-state index contributed by atoms with van der Waals surface area (Å²) in [6, 6.07) is 10.4. The van der Waals surface area contributed by atoms with Crippen LogP contribution in [-0.2, 0) is 9.47 Å². The molecule has 0 saturated heterocycles. The first-order valence-corrected chi connectivity index (χ1v) is 9.03. The number of carbonyl (C=O) groups excluding carboxylic acids is 2. The Morgan fingerprint density at radius 2 is 1.69 bits per heavy atom. The lowest BCUT2D eigenvalue weighted by Gasteiger charge is -2.12. The van der Waals surface area contributed by atoms with Gasteiger partial charge in [-0.15, -0.1) is 0 Å². The normalized spacial score (nSPS) is 10.7. The maximum absolute atomic E-state index is 12.7. The molecular weight excluding hydrogens is 396 g/mol. The van der Waals surface area contributed by atoms with Crippen molar-refractivity contribution in [3.05, 3.63) is 63.8 Å². The molecule has 0 aliphatic heterocycles. The van der Waals surface area contributed by atoms with Gasteiger partial charge in [-0.2, -0.15) is 5.10 Å². The molecule has 1 N–H and O–H groups in total. The zero-order chi connectivity index (χ0) is 21.3. The van der Waals surface area contributed by atoms with E-state index in [1.165, 1.54) is 18.9 Å². The summed E-state index contributed by atoms with van der Waals surface area (Å²) < 4.78 is 11.1. The number of esters is 2. The van der Waals surface area contributed by atoms with Gasteiger partial charge in [0, 0.05) is 10.6 Å². The Hall–Kier alpha value is -3.32. The Labute approximate surface area is 172 Å². The van der Waals surface area contributed by atoms with E-state index in [0.717, 1.165) is 0 Å². The van der Waals surface area contributed by atoms with Crippen LogP contribution in [0, 0.1) is 13.8 Å². The summed E-state index contributed by atoms with van der Waals surface area (Å²) in [4.78, 5) is 25.3. The number of aryl methyl sites for hydroxylation is 1. The first-order chi connectivity index (χ1) is 13.8. The Bertz CT molecular complexity index is 1080. The van der Waals surface area contributed by atoms with E-state index in [4.69, 9.17) is 21.1 Å². The molecule has 0 saturated carbocycles. The summed E-state index contributed by atoms with van der Waals surface area (Å²) in [6.07, 6.45) is 0. The number of hydrogen-bond acceptors (Lipinski definition) is 6. The smallest absolute Gasteiger partial charge is 0.357 e. The van der Waals surface area contributed by atoms with Gasteiger partial charge in [-0.25, -0.2) is 14.3 Å². The standard InChI is InChI=1S/C21H19ClN2O5/c1-11-10-14(22)12(2)15(19(11)25)17-16(20(26)28-3)18(21(27)29-4)24(23-17)13-8-6-5-7-9-13/h5-10,25H,1-4H3. The van der Waals surface area contributed by atoms with Crippen LogP contribution in [0.3, 0.4) is 0 Å². The van der Waals surface area contributed by atoms with Crippen molar-refractivity contribution < 1.29 is 24.2 Å². The van der Waals surface area contributed by atoms with Gasteiger partial charge in [0.05, 0.1) is 19.9 Å². The van der Waals surface area contributed by atoms with E-state index in [0.29, 0.717) is 21.8 Å². The Morgan fingerprint density at radius 3 is 2.28 bits per heavy atom. The lowest BCUT2D eigenvalue weighted by Crippen LogP contribution is -2.15. The Morgan fingerprint density at radius 1 is 1.07 bits per heavy atom. The summed E-state index contributed by atoms with van der Waals surface area (Å²) in [6.45, 7) is 3.37. The Balaban J connectivity index is 2.48. The van der Waals surface area contributed by atoms with Crippen molar-refractivity contribution >= 4 is 23.5 Å². The van der Waals surface area contributed by atoms with Gasteiger partial charge in [0.1, 0.15) is 17.0 Å². The van der Waals surface area contributed by atoms with Gasteiger partial charge in [0.2, 0.25) is 0 Å². The molecule has 0 amide bonds. The SMILES string of the molecule is COC(=O)c1c(-c2c(C)c(Cl)cc(C)c2O)nn(-c2ccccc2)c1C(=O)OC. The van der Waals surface area contributed by atoms with Crippen LogP contribution >= 0.6 is 11.6 Å². The maximum Gasteiger partial charge on any atom is 0.357 e. The van der Waals surface area contributed by atoms with Crippen molar-refractivity contribution in [2.24, 2.45) is 0 Å². The highest BCUT2D eigenvalue weighted by Crippen LogP contribution is 2.41. The topological polar surface area (TPSA) is 90.6 Å². The molecule has 0 unspecified atom stereocenters. The summed E-state index contributed by atoms with van der Waals surface area (Å²) >= 11 is 6.31. The zero-order valence-electron chi connectivity index (χ0n) is 16.3. The van der Waals surface area contributed by atoms with Crippen LogP contribution in [0.15, 0.2) is 36.4 Å². The van der Waals surface area contributed by atoms with E-state index in [-0.39, 0.29) is 28.3 Å². The second-order valence-electron chi connectivity index (χ2n) is 6.33. The highest BCUT2D eigenvalue weighted by Gasteiger charge is 2.33. The monoisotopic (exact) mass is 414 g/mol. The number of hydrogen-bond donors (Lipinski definition) is 1. The van der Waals surface area contributed by atoms with Crippen molar-refractivity contribution in [2.45, 2.75) is 13.8 Å². The number of phenols is 1. The molecule has 1 aromatic heterocycles. The van der Waals surface area contributed by atoms with Crippen LogP contribution in [0.2, 0.25) is 5.02 Å². The molecule has 150 valence electrons. The molecular formula is C21H19ClN2O5. The maximum atomic E-state index is 12.7. The first-order valence-electron chi connectivity index (χ1n) is 8.65. The third-order valence-corrected chi connectivity index (χ3v) is 4.97. The minimum atomic E-state index is -0.793. The van der Waals surface area contributed by atoms with Gasteiger partial charge in [0.15, 0.2) is 5.69 Å². The molecule has 0 aliphatic rings.